The van der Waals surface area contributed by atoms with Crippen LogP contribution in [0.3, 0.4) is 0 Å². The van der Waals surface area contributed by atoms with Crippen molar-refractivity contribution in [2.24, 2.45) is 0 Å². The lowest BCUT2D eigenvalue weighted by atomic mass is 9.96. The standard InChI is InChI=1S/C42H27NS/c1-2-9-28(10-3-1)31-12-8-13-32(25-31)43(34-21-24-39-38-15-6-7-16-41(38)44-42(39)27-34)33-20-17-30-19-22-36-35-14-5-4-11-29(35)18-23-37(36)40(30)26-33/h1-27H. The molecule has 0 saturated heterocycles. The minimum atomic E-state index is 1.14. The maximum atomic E-state index is 2.41. The summed E-state index contributed by atoms with van der Waals surface area (Å²) in [7, 11) is 0. The molecular formula is C42H27NS. The zero-order chi connectivity index (χ0) is 29.0. The molecule has 1 nitrogen and oxygen atoms in total. The van der Waals surface area contributed by atoms with Crippen LogP contribution >= 0.6 is 11.3 Å². The van der Waals surface area contributed by atoms with Crippen LogP contribution in [-0.2, 0) is 0 Å². The van der Waals surface area contributed by atoms with Crippen LogP contribution < -0.4 is 4.90 Å². The molecule has 0 atom stereocenters. The summed E-state index contributed by atoms with van der Waals surface area (Å²) in [6, 6.07) is 59.8. The highest BCUT2D eigenvalue weighted by Gasteiger charge is 2.17. The maximum absolute atomic E-state index is 2.41. The third kappa shape index (κ3) is 4.07. The first-order valence-electron chi connectivity index (χ1n) is 15.0. The van der Waals surface area contributed by atoms with Crippen LogP contribution in [0, 0.1) is 0 Å². The fourth-order valence-corrected chi connectivity index (χ4v) is 7.84. The Kier molecular flexibility index (Phi) is 5.75. The first-order chi connectivity index (χ1) is 21.8. The topological polar surface area (TPSA) is 3.24 Å². The molecular weight excluding hydrogens is 551 g/mol. The maximum Gasteiger partial charge on any atom is 0.0476 e. The van der Waals surface area contributed by atoms with Crippen molar-refractivity contribution in [1.29, 1.82) is 0 Å². The molecule has 1 aromatic heterocycles. The van der Waals surface area contributed by atoms with E-state index in [1.807, 2.05) is 11.3 Å². The van der Waals surface area contributed by atoms with Crippen molar-refractivity contribution in [1.82, 2.24) is 0 Å². The van der Waals surface area contributed by atoms with E-state index in [9.17, 15) is 0 Å². The summed E-state index contributed by atoms with van der Waals surface area (Å²) in [5.74, 6) is 0. The molecule has 9 rings (SSSR count). The van der Waals surface area contributed by atoms with Gasteiger partial charge in [-0.1, -0.05) is 121 Å². The van der Waals surface area contributed by atoms with E-state index in [0.717, 1.165) is 17.1 Å². The Balaban J connectivity index is 1.29. The van der Waals surface area contributed by atoms with E-state index in [4.69, 9.17) is 0 Å². The number of anilines is 3. The van der Waals surface area contributed by atoms with Crippen molar-refractivity contribution >= 4 is 80.9 Å². The van der Waals surface area contributed by atoms with Crippen LogP contribution in [-0.4, -0.2) is 0 Å². The molecule has 44 heavy (non-hydrogen) atoms. The van der Waals surface area contributed by atoms with E-state index >= 15 is 0 Å². The number of hydrogen-bond acceptors (Lipinski definition) is 2. The lowest BCUT2D eigenvalue weighted by Gasteiger charge is -2.26. The predicted molar refractivity (Wildman–Crippen MR) is 192 cm³/mol. The van der Waals surface area contributed by atoms with Crippen LogP contribution in [0.4, 0.5) is 17.1 Å². The van der Waals surface area contributed by atoms with Crippen molar-refractivity contribution in [3.8, 4) is 11.1 Å². The molecule has 0 spiro atoms. The Morgan fingerprint density at radius 2 is 0.909 bits per heavy atom. The molecule has 0 bridgehead atoms. The van der Waals surface area contributed by atoms with Crippen molar-refractivity contribution in [2.45, 2.75) is 0 Å². The summed E-state index contributed by atoms with van der Waals surface area (Å²) in [5, 5.41) is 10.3. The van der Waals surface area contributed by atoms with Gasteiger partial charge < -0.3 is 4.90 Å². The van der Waals surface area contributed by atoms with Gasteiger partial charge in [0.25, 0.3) is 0 Å². The fraction of sp³-hybridized carbons (Fsp3) is 0. The normalized spacial score (nSPS) is 11.6. The summed E-state index contributed by atoms with van der Waals surface area (Å²) in [4.78, 5) is 2.41. The van der Waals surface area contributed by atoms with Gasteiger partial charge in [-0.3, -0.25) is 0 Å². The van der Waals surface area contributed by atoms with Crippen molar-refractivity contribution in [3.05, 3.63) is 164 Å². The van der Waals surface area contributed by atoms with E-state index in [1.165, 1.54) is 63.6 Å². The van der Waals surface area contributed by atoms with Gasteiger partial charge >= 0.3 is 0 Å². The van der Waals surface area contributed by atoms with Crippen LogP contribution in [0.1, 0.15) is 0 Å². The van der Waals surface area contributed by atoms with E-state index in [2.05, 4.69) is 169 Å². The Morgan fingerprint density at radius 3 is 1.80 bits per heavy atom. The van der Waals surface area contributed by atoms with Gasteiger partial charge in [0.2, 0.25) is 0 Å². The van der Waals surface area contributed by atoms with E-state index < -0.39 is 0 Å². The third-order valence-corrected chi connectivity index (χ3v) is 9.95. The van der Waals surface area contributed by atoms with Gasteiger partial charge in [-0.2, -0.15) is 0 Å². The zero-order valence-corrected chi connectivity index (χ0v) is 24.8. The van der Waals surface area contributed by atoms with Gasteiger partial charge in [-0.05, 0) is 85.9 Å². The minimum absolute atomic E-state index is 1.14. The first kappa shape index (κ1) is 25.1. The Bertz CT molecular complexity index is 2510. The number of fused-ring (bicyclic) bond motifs is 8. The molecule has 0 unspecified atom stereocenters. The summed E-state index contributed by atoms with van der Waals surface area (Å²) in [6.45, 7) is 0. The minimum Gasteiger partial charge on any atom is -0.310 e. The molecule has 1 heterocycles. The van der Waals surface area contributed by atoms with Crippen LogP contribution in [0.25, 0.3) is 63.6 Å². The number of nitrogens with zero attached hydrogens (tertiary/aromatic N) is 1. The van der Waals surface area contributed by atoms with Crippen molar-refractivity contribution < 1.29 is 0 Å². The van der Waals surface area contributed by atoms with Gasteiger partial charge in [0.15, 0.2) is 0 Å². The molecule has 0 fully saturated rings. The summed E-state index contributed by atoms with van der Waals surface area (Å²) >= 11 is 1.86. The lowest BCUT2D eigenvalue weighted by molar-refractivity contribution is 1.30. The fourth-order valence-electron chi connectivity index (χ4n) is 6.70. The van der Waals surface area contributed by atoms with E-state index in [-0.39, 0.29) is 0 Å². The van der Waals surface area contributed by atoms with Crippen molar-refractivity contribution in [2.75, 3.05) is 4.90 Å². The van der Waals surface area contributed by atoms with Gasteiger partial charge in [-0.15, -0.1) is 11.3 Å². The van der Waals surface area contributed by atoms with Gasteiger partial charge in [-0.25, -0.2) is 0 Å². The lowest BCUT2D eigenvalue weighted by Crippen LogP contribution is -2.10. The molecule has 0 N–H and O–H groups in total. The van der Waals surface area contributed by atoms with Gasteiger partial charge in [0.05, 0.1) is 0 Å². The molecule has 206 valence electrons. The summed E-state index contributed by atoms with van der Waals surface area (Å²) < 4.78 is 2.62. The molecule has 8 aromatic carbocycles. The first-order valence-corrected chi connectivity index (χ1v) is 15.8. The Morgan fingerprint density at radius 1 is 0.318 bits per heavy atom. The quantitative estimate of drug-likeness (QED) is 0.188. The van der Waals surface area contributed by atoms with Gasteiger partial charge in [0, 0.05) is 37.2 Å². The number of rotatable bonds is 4. The molecule has 0 aliphatic carbocycles. The molecule has 0 amide bonds. The molecule has 2 heteroatoms. The number of thiophene rings is 1. The molecule has 0 aliphatic rings. The molecule has 0 aliphatic heterocycles. The molecule has 0 radical (unpaired) electrons. The zero-order valence-electron chi connectivity index (χ0n) is 23.9. The smallest absolute Gasteiger partial charge is 0.0476 e. The highest BCUT2D eigenvalue weighted by Crippen LogP contribution is 2.43. The second-order valence-electron chi connectivity index (χ2n) is 11.4. The van der Waals surface area contributed by atoms with Crippen molar-refractivity contribution in [3.63, 3.8) is 0 Å². The van der Waals surface area contributed by atoms with E-state index in [1.54, 1.807) is 0 Å². The second-order valence-corrected chi connectivity index (χ2v) is 12.5. The molecule has 0 saturated carbocycles. The van der Waals surface area contributed by atoms with Crippen LogP contribution in [0.15, 0.2) is 164 Å². The third-order valence-electron chi connectivity index (χ3n) is 8.82. The highest BCUT2D eigenvalue weighted by molar-refractivity contribution is 7.25. The highest BCUT2D eigenvalue weighted by atomic mass is 32.1. The van der Waals surface area contributed by atoms with E-state index in [0.29, 0.717) is 0 Å². The second kappa shape index (κ2) is 10.1. The molecule has 9 aromatic rings. The SMILES string of the molecule is c1ccc(-c2cccc(N(c3ccc4c(c3)sc3ccccc34)c3ccc4ccc5c6ccccc6ccc5c4c3)c2)cc1. The average molecular weight is 578 g/mol. The largest absolute Gasteiger partial charge is 0.310 e. The predicted octanol–water partition coefficient (Wildman–Crippen LogP) is 12.7. The Hall–Kier alpha value is -5.44. The van der Waals surface area contributed by atoms with Crippen LogP contribution in [0.2, 0.25) is 0 Å². The Labute approximate surface area is 259 Å². The summed E-state index contributed by atoms with van der Waals surface area (Å²) in [5.41, 5.74) is 5.85. The summed E-state index contributed by atoms with van der Waals surface area (Å²) in [6.07, 6.45) is 0. The van der Waals surface area contributed by atoms with Gasteiger partial charge in [0.1, 0.15) is 0 Å². The number of benzene rings is 8. The van der Waals surface area contributed by atoms with Crippen LogP contribution in [0.5, 0.6) is 0 Å². The monoisotopic (exact) mass is 577 g/mol. The number of hydrogen-bond donors (Lipinski definition) is 0. The average Bonchev–Trinajstić information content (AvgIpc) is 3.46.